The minimum atomic E-state index is 0.114. The summed E-state index contributed by atoms with van der Waals surface area (Å²) in [6.45, 7) is 3.47. The van der Waals surface area contributed by atoms with Gasteiger partial charge in [-0.15, -0.1) is 0 Å². The Morgan fingerprint density at radius 1 is 1.24 bits per heavy atom. The molecule has 1 aliphatic rings. The molecule has 2 aromatic carbocycles. The number of nitrogens with zero attached hydrogens (tertiary/aromatic N) is 2. The molecule has 0 spiro atoms. The number of hydrogen-bond donors (Lipinski definition) is 1. The number of halogens is 1. The largest absolute Gasteiger partial charge is 0.506 e. The fraction of sp³-hybridized carbons (Fsp3) is 0.235. The Balaban J connectivity index is 2.03. The van der Waals surface area contributed by atoms with Crippen LogP contribution in [0.25, 0.3) is 0 Å². The van der Waals surface area contributed by atoms with E-state index >= 15 is 0 Å². The molecule has 0 bridgehead atoms. The molecule has 4 heteroatoms. The molecular formula is C17H17ClN2O. The monoisotopic (exact) mass is 300 g/mol. The Hall–Kier alpha value is -2.00. The van der Waals surface area contributed by atoms with E-state index in [1.807, 2.05) is 31.2 Å². The number of rotatable bonds is 2. The standard InChI is InChI=1S/C17H17ClN2O/c1-12-19-8-7-14-9-15(18)17(21)10-16(14)20(12)11-13-5-3-2-4-6-13/h2-6,9-10,21H,7-8,11H2,1H3. The van der Waals surface area contributed by atoms with Gasteiger partial charge in [0.1, 0.15) is 11.6 Å². The maximum atomic E-state index is 9.94. The van der Waals surface area contributed by atoms with Crippen LogP contribution in [0.15, 0.2) is 47.5 Å². The van der Waals surface area contributed by atoms with Gasteiger partial charge in [0.05, 0.1) is 5.02 Å². The minimum Gasteiger partial charge on any atom is -0.506 e. The average molecular weight is 301 g/mol. The highest BCUT2D eigenvalue weighted by atomic mass is 35.5. The van der Waals surface area contributed by atoms with Crippen molar-refractivity contribution in [2.24, 2.45) is 4.99 Å². The van der Waals surface area contributed by atoms with Gasteiger partial charge in [-0.2, -0.15) is 0 Å². The number of amidine groups is 1. The van der Waals surface area contributed by atoms with Gasteiger partial charge in [0.15, 0.2) is 0 Å². The smallest absolute Gasteiger partial charge is 0.136 e. The summed E-state index contributed by atoms with van der Waals surface area (Å²) >= 11 is 6.04. The van der Waals surface area contributed by atoms with Gasteiger partial charge in [0.25, 0.3) is 0 Å². The van der Waals surface area contributed by atoms with Crippen LogP contribution in [0.5, 0.6) is 5.75 Å². The highest BCUT2D eigenvalue weighted by Crippen LogP contribution is 2.34. The molecular weight excluding hydrogens is 284 g/mol. The molecule has 0 atom stereocenters. The number of hydrogen-bond acceptors (Lipinski definition) is 3. The maximum Gasteiger partial charge on any atom is 0.136 e. The molecule has 1 heterocycles. The predicted molar refractivity (Wildman–Crippen MR) is 87.4 cm³/mol. The zero-order valence-corrected chi connectivity index (χ0v) is 12.6. The Labute approximate surface area is 129 Å². The second-order valence-corrected chi connectivity index (χ2v) is 5.59. The summed E-state index contributed by atoms with van der Waals surface area (Å²) in [5, 5.41) is 10.3. The quantitative estimate of drug-likeness (QED) is 0.909. The van der Waals surface area contributed by atoms with E-state index in [4.69, 9.17) is 11.6 Å². The lowest BCUT2D eigenvalue weighted by Gasteiger charge is -2.25. The normalized spacial score (nSPS) is 14.4. The van der Waals surface area contributed by atoms with Crippen molar-refractivity contribution < 1.29 is 5.11 Å². The van der Waals surface area contributed by atoms with Crippen molar-refractivity contribution in [2.45, 2.75) is 19.9 Å². The van der Waals surface area contributed by atoms with Gasteiger partial charge in [0, 0.05) is 24.8 Å². The third-order valence-corrected chi connectivity index (χ3v) is 4.04. The molecule has 0 unspecified atom stereocenters. The van der Waals surface area contributed by atoms with Gasteiger partial charge < -0.3 is 10.0 Å². The van der Waals surface area contributed by atoms with Crippen LogP contribution >= 0.6 is 11.6 Å². The van der Waals surface area contributed by atoms with Crippen molar-refractivity contribution in [3.8, 4) is 5.75 Å². The zero-order chi connectivity index (χ0) is 14.8. The summed E-state index contributed by atoms with van der Waals surface area (Å²) in [6, 6.07) is 13.8. The van der Waals surface area contributed by atoms with Crippen molar-refractivity contribution in [1.29, 1.82) is 0 Å². The summed E-state index contributed by atoms with van der Waals surface area (Å²) in [6.07, 6.45) is 0.831. The number of anilines is 1. The second kappa shape index (κ2) is 5.78. The first-order valence-electron chi connectivity index (χ1n) is 6.99. The molecule has 0 amide bonds. The number of fused-ring (bicyclic) bond motifs is 1. The first-order valence-corrected chi connectivity index (χ1v) is 7.37. The van der Waals surface area contributed by atoms with Crippen LogP contribution < -0.4 is 4.90 Å². The van der Waals surface area contributed by atoms with Crippen molar-refractivity contribution >= 4 is 23.1 Å². The summed E-state index contributed by atoms with van der Waals surface area (Å²) in [5.74, 6) is 1.07. The van der Waals surface area contributed by atoms with Crippen LogP contribution in [0, 0.1) is 0 Å². The molecule has 0 saturated heterocycles. The molecule has 0 fully saturated rings. The third-order valence-electron chi connectivity index (χ3n) is 3.73. The van der Waals surface area contributed by atoms with Crippen LogP contribution in [0.3, 0.4) is 0 Å². The van der Waals surface area contributed by atoms with E-state index in [9.17, 15) is 5.11 Å². The summed E-state index contributed by atoms with van der Waals surface area (Å²) in [4.78, 5) is 6.73. The maximum absolute atomic E-state index is 9.94. The van der Waals surface area contributed by atoms with Crippen LogP contribution in [-0.2, 0) is 13.0 Å². The minimum absolute atomic E-state index is 0.114. The molecule has 0 aliphatic carbocycles. The lowest BCUT2D eigenvalue weighted by molar-refractivity contribution is 0.475. The van der Waals surface area contributed by atoms with Gasteiger partial charge >= 0.3 is 0 Å². The number of phenols is 1. The molecule has 1 N–H and O–H groups in total. The van der Waals surface area contributed by atoms with Gasteiger partial charge in [-0.25, -0.2) is 0 Å². The van der Waals surface area contributed by atoms with Crippen molar-refractivity contribution in [3.05, 3.63) is 58.6 Å². The van der Waals surface area contributed by atoms with Crippen LogP contribution in [0.4, 0.5) is 5.69 Å². The van der Waals surface area contributed by atoms with E-state index in [0.29, 0.717) is 5.02 Å². The zero-order valence-electron chi connectivity index (χ0n) is 11.9. The summed E-state index contributed by atoms with van der Waals surface area (Å²) in [5.41, 5.74) is 3.31. The van der Waals surface area contributed by atoms with Crippen LogP contribution in [-0.4, -0.2) is 17.5 Å². The molecule has 1 aliphatic heterocycles. The average Bonchev–Trinajstić information content (AvgIpc) is 2.62. The van der Waals surface area contributed by atoms with E-state index < -0.39 is 0 Å². The number of benzene rings is 2. The van der Waals surface area contributed by atoms with Gasteiger partial charge in [-0.3, -0.25) is 4.99 Å². The first-order chi connectivity index (χ1) is 10.1. The first kappa shape index (κ1) is 14.0. The molecule has 0 aromatic heterocycles. The van der Waals surface area contributed by atoms with E-state index in [1.165, 1.54) is 5.56 Å². The topological polar surface area (TPSA) is 35.8 Å². The Morgan fingerprint density at radius 3 is 2.76 bits per heavy atom. The lowest BCUT2D eigenvalue weighted by atomic mass is 10.1. The fourth-order valence-corrected chi connectivity index (χ4v) is 2.79. The predicted octanol–water partition coefficient (Wildman–Crippen LogP) is 4.03. The third kappa shape index (κ3) is 2.88. The summed E-state index contributed by atoms with van der Waals surface area (Å²) in [7, 11) is 0. The Morgan fingerprint density at radius 2 is 2.00 bits per heavy atom. The second-order valence-electron chi connectivity index (χ2n) is 5.18. The summed E-state index contributed by atoms with van der Waals surface area (Å²) < 4.78 is 0. The van der Waals surface area contributed by atoms with Crippen molar-refractivity contribution in [3.63, 3.8) is 0 Å². The molecule has 3 rings (SSSR count). The van der Waals surface area contributed by atoms with Gasteiger partial charge in [0.2, 0.25) is 0 Å². The van der Waals surface area contributed by atoms with Gasteiger partial charge in [-0.1, -0.05) is 41.9 Å². The molecule has 0 saturated carbocycles. The molecule has 0 radical (unpaired) electrons. The van der Waals surface area contributed by atoms with E-state index in [-0.39, 0.29) is 5.75 Å². The SMILES string of the molecule is CC1=NCCc2cc(Cl)c(O)cc2N1Cc1ccccc1. The number of aliphatic imine (C=N–C) groups is 1. The molecule has 21 heavy (non-hydrogen) atoms. The van der Waals surface area contributed by atoms with Crippen LogP contribution in [0.2, 0.25) is 5.02 Å². The highest BCUT2D eigenvalue weighted by molar-refractivity contribution is 6.32. The Kier molecular flexibility index (Phi) is 3.84. The fourth-order valence-electron chi connectivity index (χ4n) is 2.61. The van der Waals surface area contributed by atoms with Gasteiger partial charge in [-0.05, 0) is 30.5 Å². The van der Waals surface area contributed by atoms with E-state index in [1.54, 1.807) is 6.07 Å². The number of aromatic hydroxyl groups is 1. The van der Waals surface area contributed by atoms with Crippen molar-refractivity contribution in [1.82, 2.24) is 0 Å². The molecule has 108 valence electrons. The highest BCUT2D eigenvalue weighted by Gasteiger charge is 2.19. The lowest BCUT2D eigenvalue weighted by Crippen LogP contribution is -2.28. The van der Waals surface area contributed by atoms with E-state index in [0.717, 1.165) is 36.6 Å². The van der Waals surface area contributed by atoms with Crippen LogP contribution in [0.1, 0.15) is 18.1 Å². The molecule has 2 aromatic rings. The van der Waals surface area contributed by atoms with Crippen molar-refractivity contribution in [2.75, 3.05) is 11.4 Å². The van der Waals surface area contributed by atoms with E-state index in [2.05, 4.69) is 22.0 Å². The number of phenolic OH excluding ortho intramolecular Hbond substituents is 1. The Bertz CT molecular complexity index is 683. The molecule has 3 nitrogen and oxygen atoms in total.